The number of nitrogens with one attached hydrogen (secondary N) is 1. The Labute approximate surface area is 106 Å². The van der Waals surface area contributed by atoms with Crippen molar-refractivity contribution in [1.29, 1.82) is 0 Å². The maximum atomic E-state index is 10.2. The van der Waals surface area contributed by atoms with Crippen LogP contribution in [0.3, 0.4) is 0 Å². The molecule has 0 aliphatic carbocycles. The predicted molar refractivity (Wildman–Crippen MR) is 69.6 cm³/mol. The van der Waals surface area contributed by atoms with Crippen molar-refractivity contribution >= 4 is 26.3 Å². The van der Waals surface area contributed by atoms with Gasteiger partial charge in [-0.2, -0.15) is 0 Å². The molecule has 9 heteroatoms. The Morgan fingerprint density at radius 1 is 1.78 bits per heavy atom. The summed E-state index contributed by atoms with van der Waals surface area (Å²) in [6, 6.07) is 1.80. The minimum absolute atomic E-state index is 0.174. The normalized spacial score (nSPS) is 11.6. The zero-order valence-corrected chi connectivity index (χ0v) is 10.0. The van der Waals surface area contributed by atoms with Crippen molar-refractivity contribution in [3.05, 3.63) is 23.7 Å². The van der Waals surface area contributed by atoms with Crippen LogP contribution >= 0.6 is 0 Å². The van der Waals surface area contributed by atoms with E-state index in [0.29, 0.717) is 26.0 Å². The number of hydrogen-bond acceptors (Lipinski definition) is 5. The first-order valence-corrected chi connectivity index (χ1v) is 5.39. The van der Waals surface area contributed by atoms with E-state index in [9.17, 15) is 4.70 Å². The SMILES string of the molecule is CB(O)N=C(/N=C\B=O)NCc1coc(CN)c1. The molecule has 0 saturated heterocycles. The summed E-state index contributed by atoms with van der Waals surface area (Å²) in [5.41, 5.74) is 6.29. The minimum atomic E-state index is -0.903. The van der Waals surface area contributed by atoms with Crippen molar-refractivity contribution in [3.8, 4) is 0 Å². The van der Waals surface area contributed by atoms with E-state index in [4.69, 9.17) is 15.2 Å². The number of nitrogens with zero attached hydrogens (tertiary/aromatic N) is 2. The van der Waals surface area contributed by atoms with Gasteiger partial charge in [0, 0.05) is 0 Å². The van der Waals surface area contributed by atoms with E-state index in [1.54, 1.807) is 12.3 Å². The van der Waals surface area contributed by atoms with Gasteiger partial charge in [0.1, 0.15) is 0 Å². The van der Waals surface area contributed by atoms with Crippen LogP contribution in [0, 0.1) is 0 Å². The summed E-state index contributed by atoms with van der Waals surface area (Å²) in [7, 11) is -0.371. The van der Waals surface area contributed by atoms with E-state index in [1.165, 1.54) is 6.82 Å². The molecule has 0 aliphatic heterocycles. The van der Waals surface area contributed by atoms with E-state index in [0.717, 1.165) is 11.7 Å². The molecule has 0 spiro atoms. The zero-order valence-electron chi connectivity index (χ0n) is 10.0. The molecule has 0 saturated carbocycles. The van der Waals surface area contributed by atoms with Gasteiger partial charge < -0.3 is 0 Å². The van der Waals surface area contributed by atoms with Gasteiger partial charge in [-0.15, -0.1) is 0 Å². The van der Waals surface area contributed by atoms with Crippen molar-refractivity contribution in [2.45, 2.75) is 19.9 Å². The first-order chi connectivity index (χ1) is 8.65. The van der Waals surface area contributed by atoms with Crippen molar-refractivity contribution in [2.75, 3.05) is 0 Å². The maximum absolute atomic E-state index is 10.2. The molecule has 0 aliphatic rings. The third-order valence-corrected chi connectivity index (χ3v) is 1.93. The molecule has 1 rings (SSSR count). The Kier molecular flexibility index (Phi) is 6.03. The summed E-state index contributed by atoms with van der Waals surface area (Å²) in [6.07, 6.45) is 2.62. The molecular formula is C9H14B2N4O3. The Morgan fingerprint density at radius 2 is 2.56 bits per heavy atom. The number of hydrogen-bond donors (Lipinski definition) is 3. The van der Waals surface area contributed by atoms with Gasteiger partial charge in [0.15, 0.2) is 0 Å². The van der Waals surface area contributed by atoms with Gasteiger partial charge >= 0.3 is 105 Å². The number of furan rings is 1. The summed E-state index contributed by atoms with van der Waals surface area (Å²) in [5.74, 6) is 0.852. The quantitative estimate of drug-likeness (QED) is 0.364. The second-order valence-electron chi connectivity index (χ2n) is 3.48. The predicted octanol–water partition coefficient (Wildman–Crippen LogP) is -0.628. The van der Waals surface area contributed by atoms with E-state index in [1.807, 2.05) is 0 Å². The Bertz CT molecular complexity index is 445. The van der Waals surface area contributed by atoms with Crippen LogP contribution in [0.15, 0.2) is 26.6 Å². The Balaban J connectivity index is 2.61. The summed E-state index contributed by atoms with van der Waals surface area (Å²) in [4.78, 5) is 7.56. The first-order valence-electron chi connectivity index (χ1n) is 5.39. The molecule has 1 aromatic rings. The topological polar surface area (TPSA) is 113 Å². The molecular weight excluding hydrogens is 234 g/mol. The van der Waals surface area contributed by atoms with Crippen LogP contribution in [0.1, 0.15) is 11.3 Å². The molecule has 94 valence electrons. The fourth-order valence-corrected chi connectivity index (χ4v) is 1.21. The van der Waals surface area contributed by atoms with Gasteiger partial charge in [-0.25, -0.2) is 0 Å². The Morgan fingerprint density at radius 3 is 3.11 bits per heavy atom. The molecule has 1 aromatic heterocycles. The van der Waals surface area contributed by atoms with Crippen molar-refractivity contribution in [1.82, 2.24) is 5.32 Å². The number of rotatable bonds is 5. The first kappa shape index (κ1) is 14.3. The summed E-state index contributed by atoms with van der Waals surface area (Å²) >= 11 is 0. The summed E-state index contributed by atoms with van der Waals surface area (Å²) < 4.78 is 15.3. The molecule has 0 atom stereocenters. The number of guanidine groups is 1. The van der Waals surface area contributed by atoms with Crippen LogP contribution in [0.4, 0.5) is 0 Å². The monoisotopic (exact) mass is 248 g/mol. The van der Waals surface area contributed by atoms with Crippen LogP contribution < -0.4 is 11.1 Å². The third kappa shape index (κ3) is 5.07. The molecule has 0 amide bonds. The average molecular weight is 248 g/mol. The molecule has 0 bridgehead atoms. The van der Waals surface area contributed by atoms with Gasteiger partial charge in [-0.05, 0) is 0 Å². The van der Waals surface area contributed by atoms with Crippen LogP contribution in [-0.4, -0.2) is 31.3 Å². The fraction of sp³-hybridized carbons (Fsp3) is 0.333. The van der Waals surface area contributed by atoms with Crippen LogP contribution in [-0.2, 0) is 17.8 Å². The zero-order chi connectivity index (χ0) is 13.4. The third-order valence-electron chi connectivity index (χ3n) is 1.93. The molecule has 4 N–H and O–H groups in total. The van der Waals surface area contributed by atoms with Crippen LogP contribution in [0.5, 0.6) is 0 Å². The second kappa shape index (κ2) is 7.57. The van der Waals surface area contributed by atoms with Gasteiger partial charge in [0.25, 0.3) is 0 Å². The number of aliphatic imine (C=N–C) groups is 1. The van der Waals surface area contributed by atoms with Gasteiger partial charge in [-0.3, -0.25) is 0 Å². The van der Waals surface area contributed by atoms with E-state index in [2.05, 4.69) is 15.2 Å². The fourth-order valence-electron chi connectivity index (χ4n) is 1.21. The van der Waals surface area contributed by atoms with Gasteiger partial charge in [0.2, 0.25) is 0 Å². The second-order valence-corrected chi connectivity index (χ2v) is 3.48. The Hall–Kier alpha value is -1.73. The van der Waals surface area contributed by atoms with E-state index in [-0.39, 0.29) is 5.96 Å². The molecule has 1 heterocycles. The summed E-state index contributed by atoms with van der Waals surface area (Å²) in [5, 5.41) is 12.0. The van der Waals surface area contributed by atoms with E-state index < -0.39 is 7.05 Å². The average Bonchev–Trinajstić information content (AvgIpc) is 2.80. The summed E-state index contributed by atoms with van der Waals surface area (Å²) in [6.45, 7) is 2.23. The van der Waals surface area contributed by atoms with Crippen molar-refractivity contribution < 1.29 is 14.1 Å². The van der Waals surface area contributed by atoms with E-state index >= 15 is 0 Å². The molecule has 0 radical (unpaired) electrons. The van der Waals surface area contributed by atoms with Crippen molar-refractivity contribution in [2.24, 2.45) is 15.6 Å². The molecule has 7 nitrogen and oxygen atoms in total. The van der Waals surface area contributed by atoms with Gasteiger partial charge in [0.05, 0.1) is 0 Å². The molecule has 0 fully saturated rings. The standard InChI is InChI=1S/C9H14B2N4O3/c1-11(17)15-9(14-6-10-16)13-4-7-2-8(3-12)18-5-7/h2,5-6,17H,3-4,12H2,1H3,(H,13,15)/b14-6-. The molecule has 0 aromatic carbocycles. The van der Waals surface area contributed by atoms with Gasteiger partial charge in [-0.1, -0.05) is 0 Å². The number of nitrogens with two attached hydrogens (primary N) is 1. The van der Waals surface area contributed by atoms with Crippen LogP contribution in [0.25, 0.3) is 0 Å². The molecule has 0 unspecified atom stereocenters. The van der Waals surface area contributed by atoms with Crippen LogP contribution in [0.2, 0.25) is 6.82 Å². The van der Waals surface area contributed by atoms with Crippen molar-refractivity contribution in [3.63, 3.8) is 0 Å². The molecule has 18 heavy (non-hydrogen) atoms.